The molecule has 0 bridgehead atoms. The summed E-state index contributed by atoms with van der Waals surface area (Å²) in [6, 6.07) is 24.0. The lowest BCUT2D eigenvalue weighted by Crippen LogP contribution is -2.51. The van der Waals surface area contributed by atoms with Crippen molar-refractivity contribution in [3.8, 4) is 5.75 Å². The van der Waals surface area contributed by atoms with Gasteiger partial charge < -0.3 is 15.0 Å². The molecular weight excluding hydrogens is 448 g/mol. The molecule has 0 spiro atoms. The van der Waals surface area contributed by atoms with Crippen molar-refractivity contribution >= 4 is 23.4 Å². The number of hydrogen-bond donors (Lipinski definition) is 1. The summed E-state index contributed by atoms with van der Waals surface area (Å²) in [6.07, 6.45) is 1.21. The van der Waals surface area contributed by atoms with Crippen molar-refractivity contribution < 1.29 is 14.3 Å². The van der Waals surface area contributed by atoms with Gasteiger partial charge in [-0.25, -0.2) is 0 Å². The van der Waals surface area contributed by atoms with E-state index in [0.717, 1.165) is 23.1 Å². The molecule has 0 radical (unpaired) electrons. The van der Waals surface area contributed by atoms with Crippen LogP contribution >= 0.6 is 11.6 Å². The zero-order valence-electron chi connectivity index (χ0n) is 19.7. The van der Waals surface area contributed by atoms with Gasteiger partial charge in [-0.1, -0.05) is 90.8 Å². The first kappa shape index (κ1) is 25.3. The number of nitrogens with zero attached hydrogens (tertiary/aromatic N) is 1. The maximum Gasteiger partial charge on any atom is 0.261 e. The topological polar surface area (TPSA) is 58.6 Å². The number of rotatable bonds is 11. The average Bonchev–Trinajstić information content (AvgIpc) is 2.84. The van der Waals surface area contributed by atoms with E-state index >= 15 is 0 Å². The van der Waals surface area contributed by atoms with E-state index in [1.807, 2.05) is 68.4 Å². The molecule has 0 heterocycles. The third-order valence-corrected chi connectivity index (χ3v) is 5.76. The largest absolute Gasteiger partial charge is 0.482 e. The van der Waals surface area contributed by atoms with Crippen molar-refractivity contribution in [1.29, 1.82) is 0 Å². The van der Waals surface area contributed by atoms with Gasteiger partial charge in [0.05, 0.1) is 5.02 Å². The Hall–Kier alpha value is -3.31. The molecule has 1 atom stereocenters. The van der Waals surface area contributed by atoms with Crippen LogP contribution in [-0.4, -0.2) is 35.9 Å². The summed E-state index contributed by atoms with van der Waals surface area (Å²) in [5, 5.41) is 3.41. The Labute approximate surface area is 206 Å². The number of amides is 2. The van der Waals surface area contributed by atoms with Crippen LogP contribution in [0.4, 0.5) is 0 Å². The van der Waals surface area contributed by atoms with Crippen LogP contribution in [0.5, 0.6) is 5.75 Å². The van der Waals surface area contributed by atoms with Gasteiger partial charge >= 0.3 is 0 Å². The quantitative estimate of drug-likeness (QED) is 0.412. The van der Waals surface area contributed by atoms with Crippen molar-refractivity contribution in [1.82, 2.24) is 10.2 Å². The monoisotopic (exact) mass is 478 g/mol. The minimum absolute atomic E-state index is 0.176. The minimum Gasteiger partial charge on any atom is -0.482 e. The summed E-state index contributed by atoms with van der Waals surface area (Å²) in [7, 11) is 0. The number of carbonyl (C=O) groups excluding carboxylic acids is 2. The van der Waals surface area contributed by atoms with Crippen LogP contribution in [0.25, 0.3) is 0 Å². The van der Waals surface area contributed by atoms with E-state index in [9.17, 15) is 9.59 Å². The fraction of sp³-hybridized carbons (Fsp3) is 0.286. The second-order valence-corrected chi connectivity index (χ2v) is 8.63. The molecule has 178 valence electrons. The molecule has 0 saturated heterocycles. The van der Waals surface area contributed by atoms with E-state index in [4.69, 9.17) is 16.3 Å². The molecule has 1 unspecified atom stereocenters. The Morgan fingerprint density at radius 2 is 1.68 bits per heavy atom. The predicted molar refractivity (Wildman–Crippen MR) is 136 cm³/mol. The Kier molecular flexibility index (Phi) is 9.53. The van der Waals surface area contributed by atoms with Crippen molar-refractivity contribution in [2.45, 2.75) is 39.3 Å². The van der Waals surface area contributed by atoms with Gasteiger partial charge in [0.15, 0.2) is 6.61 Å². The average molecular weight is 479 g/mol. The molecule has 3 aromatic carbocycles. The highest BCUT2D eigenvalue weighted by atomic mass is 35.5. The van der Waals surface area contributed by atoms with Gasteiger partial charge in [0.25, 0.3) is 5.91 Å². The summed E-state index contributed by atoms with van der Waals surface area (Å²) < 4.78 is 5.75. The number of nitrogens with one attached hydrogen (secondary N) is 1. The van der Waals surface area contributed by atoms with Crippen LogP contribution in [0.1, 0.15) is 30.0 Å². The van der Waals surface area contributed by atoms with Crippen LogP contribution in [0, 0.1) is 6.92 Å². The lowest BCUT2D eigenvalue weighted by molar-refractivity contribution is -0.142. The molecule has 0 saturated carbocycles. The SMILES string of the molecule is CCCNC(=O)C(Cc1ccccc1)N(Cc1cccc(C)c1)C(=O)COc1ccccc1Cl. The van der Waals surface area contributed by atoms with Crippen LogP contribution in [0.3, 0.4) is 0 Å². The van der Waals surface area contributed by atoms with E-state index in [2.05, 4.69) is 5.32 Å². The van der Waals surface area contributed by atoms with Gasteiger partial charge in [-0.2, -0.15) is 0 Å². The maximum atomic E-state index is 13.5. The van der Waals surface area contributed by atoms with E-state index in [0.29, 0.717) is 30.3 Å². The third-order valence-electron chi connectivity index (χ3n) is 5.44. The minimum atomic E-state index is -0.684. The van der Waals surface area contributed by atoms with Gasteiger partial charge in [-0.3, -0.25) is 9.59 Å². The van der Waals surface area contributed by atoms with Crippen LogP contribution in [0.2, 0.25) is 5.02 Å². The second-order valence-electron chi connectivity index (χ2n) is 8.23. The van der Waals surface area contributed by atoms with E-state index in [1.54, 1.807) is 29.2 Å². The summed E-state index contributed by atoms with van der Waals surface area (Å²) >= 11 is 6.20. The fourth-order valence-corrected chi connectivity index (χ4v) is 3.90. The normalized spacial score (nSPS) is 11.5. The summed E-state index contributed by atoms with van der Waals surface area (Å²) in [6.45, 7) is 4.63. The van der Waals surface area contributed by atoms with E-state index in [-0.39, 0.29) is 18.4 Å². The van der Waals surface area contributed by atoms with Crippen LogP contribution in [-0.2, 0) is 22.6 Å². The van der Waals surface area contributed by atoms with Crippen LogP contribution in [0.15, 0.2) is 78.9 Å². The zero-order chi connectivity index (χ0) is 24.3. The Morgan fingerprint density at radius 1 is 0.971 bits per heavy atom. The lowest BCUT2D eigenvalue weighted by Gasteiger charge is -2.31. The number of aryl methyl sites for hydroxylation is 1. The molecule has 1 N–H and O–H groups in total. The zero-order valence-corrected chi connectivity index (χ0v) is 20.4. The fourth-order valence-electron chi connectivity index (χ4n) is 3.71. The summed E-state index contributed by atoms with van der Waals surface area (Å²) in [4.78, 5) is 28.4. The number of carbonyl (C=O) groups is 2. The van der Waals surface area contributed by atoms with Gasteiger partial charge in [-0.05, 0) is 36.6 Å². The van der Waals surface area contributed by atoms with Crippen molar-refractivity contribution in [2.75, 3.05) is 13.2 Å². The molecular formula is C28H31ClN2O3. The number of ether oxygens (including phenoxy) is 1. The number of halogens is 1. The van der Waals surface area contributed by atoms with Crippen LogP contribution < -0.4 is 10.1 Å². The molecule has 0 aliphatic carbocycles. The molecule has 2 amide bonds. The molecule has 0 fully saturated rings. The van der Waals surface area contributed by atoms with Gasteiger partial charge in [0, 0.05) is 19.5 Å². The van der Waals surface area contributed by atoms with E-state index < -0.39 is 6.04 Å². The van der Waals surface area contributed by atoms with Crippen molar-refractivity contribution in [2.24, 2.45) is 0 Å². The van der Waals surface area contributed by atoms with Crippen molar-refractivity contribution in [3.05, 3.63) is 101 Å². The Morgan fingerprint density at radius 3 is 2.38 bits per heavy atom. The molecule has 0 aliphatic heterocycles. The molecule has 34 heavy (non-hydrogen) atoms. The highest BCUT2D eigenvalue weighted by Crippen LogP contribution is 2.23. The van der Waals surface area contributed by atoms with Gasteiger partial charge in [0.1, 0.15) is 11.8 Å². The first-order valence-electron chi connectivity index (χ1n) is 11.5. The number of benzene rings is 3. The standard InChI is InChI=1S/C28H31ClN2O3/c1-3-16-30-28(33)25(18-22-11-5-4-6-12-22)31(19-23-13-9-10-21(2)17-23)27(32)20-34-26-15-8-7-14-24(26)29/h4-15,17,25H,3,16,18-20H2,1-2H3,(H,30,33). The highest BCUT2D eigenvalue weighted by molar-refractivity contribution is 6.32. The first-order chi connectivity index (χ1) is 16.5. The summed E-state index contributed by atoms with van der Waals surface area (Å²) in [5.41, 5.74) is 3.02. The summed E-state index contributed by atoms with van der Waals surface area (Å²) in [5.74, 6) is -0.0264. The predicted octanol–water partition coefficient (Wildman–Crippen LogP) is 5.19. The highest BCUT2D eigenvalue weighted by Gasteiger charge is 2.30. The van der Waals surface area contributed by atoms with Crippen molar-refractivity contribution in [3.63, 3.8) is 0 Å². The third kappa shape index (κ3) is 7.35. The molecule has 0 aliphatic rings. The molecule has 3 rings (SSSR count). The van der Waals surface area contributed by atoms with Gasteiger partial charge in [0.2, 0.25) is 5.91 Å². The smallest absolute Gasteiger partial charge is 0.261 e. The Balaban J connectivity index is 1.90. The van der Waals surface area contributed by atoms with E-state index in [1.165, 1.54) is 0 Å². The molecule has 3 aromatic rings. The first-order valence-corrected chi connectivity index (χ1v) is 11.9. The molecule has 5 nitrogen and oxygen atoms in total. The second kappa shape index (κ2) is 12.8. The number of para-hydroxylation sites is 1. The molecule has 0 aromatic heterocycles. The lowest BCUT2D eigenvalue weighted by atomic mass is 10.0. The van der Waals surface area contributed by atoms with Gasteiger partial charge in [-0.15, -0.1) is 0 Å². The Bertz CT molecular complexity index is 1090. The maximum absolute atomic E-state index is 13.5. The molecule has 6 heteroatoms. The number of hydrogen-bond acceptors (Lipinski definition) is 3.